The second-order valence-corrected chi connectivity index (χ2v) is 4.00. The van der Waals surface area contributed by atoms with Crippen LogP contribution in [0, 0.1) is 5.92 Å². The highest BCUT2D eigenvalue weighted by molar-refractivity contribution is 5.82. The van der Waals surface area contributed by atoms with E-state index in [1.165, 1.54) is 12.8 Å². The molecule has 0 aromatic rings. The number of amidine groups is 1. The molecule has 0 saturated heterocycles. The van der Waals surface area contributed by atoms with Crippen LogP contribution in [0.4, 0.5) is 0 Å². The highest BCUT2D eigenvalue weighted by Gasteiger charge is 2.14. The molecule has 0 spiro atoms. The van der Waals surface area contributed by atoms with Gasteiger partial charge in [0.15, 0.2) is 0 Å². The molecule has 0 radical (unpaired) electrons. The van der Waals surface area contributed by atoms with Gasteiger partial charge in [-0.05, 0) is 20.4 Å². The van der Waals surface area contributed by atoms with Crippen molar-refractivity contribution in [2.45, 2.75) is 39.7 Å². The molecule has 84 valence electrons. The second-order valence-electron chi connectivity index (χ2n) is 4.00. The second kappa shape index (κ2) is 6.65. The predicted molar refractivity (Wildman–Crippen MR) is 59.6 cm³/mol. The zero-order valence-electron chi connectivity index (χ0n) is 9.70. The lowest BCUT2D eigenvalue weighted by Crippen LogP contribution is -2.37. The van der Waals surface area contributed by atoms with Gasteiger partial charge >= 0.3 is 0 Å². The molecule has 0 amide bonds. The summed E-state index contributed by atoms with van der Waals surface area (Å²) in [5.74, 6) is 0.407. The average molecular weight is 201 g/mol. The lowest BCUT2D eigenvalue weighted by Gasteiger charge is -2.26. The molecule has 0 bridgehead atoms. The number of hydrogen-bond acceptors (Lipinski definition) is 3. The number of rotatable bonds is 6. The molecule has 0 aliphatic heterocycles. The fourth-order valence-corrected chi connectivity index (χ4v) is 1.44. The van der Waals surface area contributed by atoms with Crippen molar-refractivity contribution in [1.82, 2.24) is 4.90 Å². The monoisotopic (exact) mass is 201 g/mol. The third kappa shape index (κ3) is 4.46. The molecule has 14 heavy (non-hydrogen) atoms. The Morgan fingerprint density at radius 3 is 2.50 bits per heavy atom. The third-order valence-corrected chi connectivity index (χ3v) is 2.64. The Kier molecular flexibility index (Phi) is 6.28. The minimum Gasteiger partial charge on any atom is -0.409 e. The first kappa shape index (κ1) is 13.2. The summed E-state index contributed by atoms with van der Waals surface area (Å²) in [6.45, 7) is 7.17. The standard InChI is InChI=1S/C10H23N3O/c1-5-6-9(3)13(4)7-8(2)10(11)12-14/h8-9,14H,5-7H2,1-4H3,(H2,11,12). The number of nitrogens with two attached hydrogens (primary N) is 1. The minimum absolute atomic E-state index is 0.101. The lowest BCUT2D eigenvalue weighted by atomic mass is 10.1. The van der Waals surface area contributed by atoms with E-state index < -0.39 is 0 Å². The topological polar surface area (TPSA) is 61.8 Å². The summed E-state index contributed by atoms with van der Waals surface area (Å²) >= 11 is 0. The van der Waals surface area contributed by atoms with E-state index >= 15 is 0 Å². The maximum Gasteiger partial charge on any atom is 0.143 e. The SMILES string of the molecule is CCCC(C)N(C)CC(C)/C(N)=N/O. The minimum atomic E-state index is 0.101. The van der Waals surface area contributed by atoms with Crippen LogP contribution >= 0.6 is 0 Å². The molecule has 0 heterocycles. The van der Waals surface area contributed by atoms with Gasteiger partial charge in [-0.25, -0.2) is 0 Å². The van der Waals surface area contributed by atoms with Gasteiger partial charge in [0.25, 0.3) is 0 Å². The predicted octanol–water partition coefficient (Wildman–Crippen LogP) is 1.49. The van der Waals surface area contributed by atoms with Crippen molar-refractivity contribution in [3.8, 4) is 0 Å². The first-order valence-electron chi connectivity index (χ1n) is 5.20. The van der Waals surface area contributed by atoms with E-state index in [0.29, 0.717) is 11.9 Å². The fourth-order valence-electron chi connectivity index (χ4n) is 1.44. The molecule has 4 nitrogen and oxygen atoms in total. The molecule has 0 aliphatic carbocycles. The molecule has 2 atom stereocenters. The third-order valence-electron chi connectivity index (χ3n) is 2.64. The van der Waals surface area contributed by atoms with Crippen molar-refractivity contribution < 1.29 is 5.21 Å². The van der Waals surface area contributed by atoms with Crippen LogP contribution in [0.5, 0.6) is 0 Å². The van der Waals surface area contributed by atoms with E-state index in [4.69, 9.17) is 10.9 Å². The highest BCUT2D eigenvalue weighted by Crippen LogP contribution is 2.07. The average Bonchev–Trinajstić information content (AvgIpc) is 2.16. The van der Waals surface area contributed by atoms with Crippen LogP contribution in [0.15, 0.2) is 5.16 Å². The largest absolute Gasteiger partial charge is 0.409 e. The Morgan fingerprint density at radius 1 is 1.50 bits per heavy atom. The van der Waals surface area contributed by atoms with E-state index in [1.54, 1.807) is 0 Å². The molecule has 0 aromatic carbocycles. The molecule has 4 heteroatoms. The molecule has 3 N–H and O–H groups in total. The van der Waals surface area contributed by atoms with Gasteiger partial charge in [-0.1, -0.05) is 25.4 Å². The van der Waals surface area contributed by atoms with Crippen LogP contribution in [0.25, 0.3) is 0 Å². The van der Waals surface area contributed by atoms with Crippen molar-refractivity contribution in [2.24, 2.45) is 16.8 Å². The van der Waals surface area contributed by atoms with Gasteiger partial charge < -0.3 is 15.8 Å². The Labute approximate surface area is 86.8 Å². The van der Waals surface area contributed by atoms with E-state index in [0.717, 1.165) is 6.54 Å². The lowest BCUT2D eigenvalue weighted by molar-refractivity contribution is 0.229. The van der Waals surface area contributed by atoms with Gasteiger partial charge in [-0.3, -0.25) is 0 Å². The Balaban J connectivity index is 3.98. The van der Waals surface area contributed by atoms with E-state index in [1.807, 2.05) is 6.92 Å². The molecule has 0 rings (SSSR count). The summed E-state index contributed by atoms with van der Waals surface area (Å²) < 4.78 is 0. The van der Waals surface area contributed by atoms with Gasteiger partial charge in [-0.2, -0.15) is 0 Å². The maximum atomic E-state index is 8.50. The molecule has 0 saturated carbocycles. The van der Waals surface area contributed by atoms with Crippen molar-refractivity contribution in [3.05, 3.63) is 0 Å². The van der Waals surface area contributed by atoms with Crippen LogP contribution in [-0.2, 0) is 0 Å². The summed E-state index contributed by atoms with van der Waals surface area (Å²) in [6, 6.07) is 0.550. The van der Waals surface area contributed by atoms with Crippen LogP contribution < -0.4 is 5.73 Å². The molecular formula is C10H23N3O. The summed E-state index contributed by atoms with van der Waals surface area (Å²) in [7, 11) is 2.07. The first-order valence-corrected chi connectivity index (χ1v) is 5.20. The molecule has 0 fully saturated rings. The van der Waals surface area contributed by atoms with Gasteiger partial charge in [0, 0.05) is 18.5 Å². The quantitative estimate of drug-likeness (QED) is 0.296. The zero-order valence-corrected chi connectivity index (χ0v) is 9.70. The Bertz CT molecular complexity index is 182. The Morgan fingerprint density at radius 2 is 2.07 bits per heavy atom. The van der Waals surface area contributed by atoms with Crippen LogP contribution in [-0.4, -0.2) is 35.6 Å². The number of hydrogen-bond donors (Lipinski definition) is 2. The maximum absolute atomic E-state index is 8.50. The van der Waals surface area contributed by atoms with Gasteiger partial charge in [0.2, 0.25) is 0 Å². The van der Waals surface area contributed by atoms with Crippen molar-refractivity contribution in [3.63, 3.8) is 0 Å². The molecule has 0 aromatic heterocycles. The molecule has 2 unspecified atom stereocenters. The summed E-state index contributed by atoms with van der Waals surface area (Å²) in [4.78, 5) is 2.24. The van der Waals surface area contributed by atoms with Crippen molar-refractivity contribution in [2.75, 3.05) is 13.6 Å². The van der Waals surface area contributed by atoms with Gasteiger partial charge in [0.05, 0.1) is 0 Å². The van der Waals surface area contributed by atoms with E-state index in [-0.39, 0.29) is 5.92 Å². The normalized spacial score (nSPS) is 17.1. The van der Waals surface area contributed by atoms with Gasteiger partial charge in [0.1, 0.15) is 5.84 Å². The summed E-state index contributed by atoms with van der Waals surface area (Å²) in [5.41, 5.74) is 5.51. The summed E-state index contributed by atoms with van der Waals surface area (Å²) in [5, 5.41) is 11.5. The van der Waals surface area contributed by atoms with Crippen LogP contribution in [0.3, 0.4) is 0 Å². The molecule has 0 aliphatic rings. The fraction of sp³-hybridized carbons (Fsp3) is 0.900. The number of nitrogens with zero attached hydrogens (tertiary/aromatic N) is 2. The van der Waals surface area contributed by atoms with Crippen LogP contribution in [0.2, 0.25) is 0 Å². The van der Waals surface area contributed by atoms with Crippen LogP contribution in [0.1, 0.15) is 33.6 Å². The zero-order chi connectivity index (χ0) is 11.1. The first-order chi connectivity index (χ1) is 6.52. The highest BCUT2D eigenvalue weighted by atomic mass is 16.4. The summed E-state index contributed by atoms with van der Waals surface area (Å²) in [6.07, 6.45) is 2.36. The van der Waals surface area contributed by atoms with Crippen molar-refractivity contribution >= 4 is 5.84 Å². The Hall–Kier alpha value is -0.770. The number of oxime groups is 1. The van der Waals surface area contributed by atoms with E-state index in [9.17, 15) is 0 Å². The molecular weight excluding hydrogens is 178 g/mol. The van der Waals surface area contributed by atoms with Gasteiger partial charge in [-0.15, -0.1) is 0 Å². The van der Waals surface area contributed by atoms with E-state index in [2.05, 4.69) is 31.0 Å². The van der Waals surface area contributed by atoms with Crippen molar-refractivity contribution in [1.29, 1.82) is 0 Å². The smallest absolute Gasteiger partial charge is 0.143 e.